The number of hydrogen-bond donors (Lipinski definition) is 1. The fourth-order valence-electron chi connectivity index (χ4n) is 8.20. The molecule has 0 saturated heterocycles. The first kappa shape index (κ1) is 30.4. The molecule has 4 aliphatic rings. The predicted molar refractivity (Wildman–Crippen MR) is 146 cm³/mol. The van der Waals surface area contributed by atoms with Crippen LogP contribution in [0.25, 0.3) is 0 Å². The maximum absolute atomic E-state index is 13.8. The highest BCUT2D eigenvalue weighted by Gasteiger charge is 2.64. The number of fused-ring (bicyclic) bond motifs is 4. The number of rotatable bonds is 8. The van der Waals surface area contributed by atoms with Crippen LogP contribution in [-0.4, -0.2) is 60.6 Å². The summed E-state index contributed by atoms with van der Waals surface area (Å²) in [5, 5.41) is 0.778. The predicted octanol–water partition coefficient (Wildman–Crippen LogP) is 5.38. The van der Waals surface area contributed by atoms with Crippen molar-refractivity contribution < 1.29 is 38.1 Å². The third-order valence-corrected chi connectivity index (χ3v) is 11.9. The van der Waals surface area contributed by atoms with Gasteiger partial charge < -0.3 is 18.9 Å². The van der Waals surface area contributed by atoms with Gasteiger partial charge in [-0.1, -0.05) is 41.5 Å². The Hall–Kier alpha value is -2.52. The minimum atomic E-state index is -1.48. The van der Waals surface area contributed by atoms with Gasteiger partial charge in [-0.3, -0.25) is 4.79 Å². The van der Waals surface area contributed by atoms with Crippen molar-refractivity contribution in [3.8, 4) is 0 Å². The van der Waals surface area contributed by atoms with Crippen molar-refractivity contribution in [3.05, 3.63) is 0 Å². The number of amides is 2. The number of carbonyl (C=O) groups excluding carboxylic acids is 4. The second kappa shape index (κ2) is 10.7. The first-order chi connectivity index (χ1) is 18.6. The van der Waals surface area contributed by atoms with E-state index in [4.69, 9.17) is 18.9 Å². The smallest absolute Gasteiger partial charge is 0.429 e. The number of hydrazine groups is 1. The SMILES string of the molecule is CCOC(=O)C[C@@H](C(=O)OCC)N(NC(=O)O[C@@H]1C[C@H]2CC[C@]1(C)C2(C)C)C(=O)O[C@@H]1C[C@H]2CC[C@]1(C)C2(C)C. The van der Waals surface area contributed by atoms with Crippen LogP contribution in [0.4, 0.5) is 9.59 Å². The Kier molecular flexibility index (Phi) is 8.15. The van der Waals surface area contributed by atoms with Crippen LogP contribution in [0.1, 0.15) is 100 Å². The first-order valence-electron chi connectivity index (χ1n) is 14.9. The summed E-state index contributed by atoms with van der Waals surface area (Å²) in [6.07, 6.45) is 2.42. The second-order valence-electron chi connectivity index (χ2n) is 13.7. The van der Waals surface area contributed by atoms with E-state index in [1.165, 1.54) is 0 Å². The van der Waals surface area contributed by atoms with Crippen molar-refractivity contribution in [1.29, 1.82) is 0 Å². The highest BCUT2D eigenvalue weighted by molar-refractivity contribution is 5.87. The zero-order valence-electron chi connectivity index (χ0n) is 25.5. The summed E-state index contributed by atoms with van der Waals surface area (Å²) in [5.41, 5.74) is 2.02. The quantitative estimate of drug-likeness (QED) is 0.237. The molecule has 226 valence electrons. The summed E-state index contributed by atoms with van der Waals surface area (Å²) in [6, 6.07) is -1.48. The number of esters is 2. The summed E-state index contributed by atoms with van der Waals surface area (Å²) in [6.45, 7) is 16.5. The largest absolute Gasteiger partial charge is 0.466 e. The molecule has 4 bridgehead atoms. The first-order valence-corrected chi connectivity index (χ1v) is 14.9. The normalized spacial score (nSPS) is 35.1. The van der Waals surface area contributed by atoms with E-state index in [1.54, 1.807) is 13.8 Å². The average molecular weight is 565 g/mol. The van der Waals surface area contributed by atoms with Crippen LogP contribution in [0.5, 0.6) is 0 Å². The molecule has 0 unspecified atom stereocenters. The third kappa shape index (κ3) is 4.83. The Morgan fingerprint density at radius 2 is 1.30 bits per heavy atom. The number of nitrogens with one attached hydrogen (secondary N) is 1. The Labute approximate surface area is 238 Å². The molecule has 0 heterocycles. The number of hydrogen-bond acceptors (Lipinski definition) is 8. The van der Waals surface area contributed by atoms with E-state index in [1.807, 2.05) is 0 Å². The van der Waals surface area contributed by atoms with Crippen molar-refractivity contribution in [2.75, 3.05) is 13.2 Å². The van der Waals surface area contributed by atoms with Gasteiger partial charge in [0.2, 0.25) is 0 Å². The van der Waals surface area contributed by atoms with E-state index in [2.05, 4.69) is 47.0 Å². The van der Waals surface area contributed by atoms with Gasteiger partial charge in [0, 0.05) is 10.8 Å². The lowest BCUT2D eigenvalue weighted by atomic mass is 9.70. The molecule has 2 amide bonds. The standard InChI is InChI=1S/C30H48N2O8/c1-9-37-23(33)17-20(24(34)38-10-2)32(26(36)40-22-16-19-12-14-30(22,8)28(19,5)6)31-25(35)39-21-15-18-11-13-29(21,7)27(18,3)4/h18-22H,9-17H2,1-8H3,(H,31,35)/t18-,19-,20+,21-,22-,29+,30+/m1/s1. The zero-order valence-corrected chi connectivity index (χ0v) is 25.5. The Morgan fingerprint density at radius 3 is 1.73 bits per heavy atom. The second-order valence-corrected chi connectivity index (χ2v) is 13.7. The molecule has 10 nitrogen and oxygen atoms in total. The van der Waals surface area contributed by atoms with Crippen molar-refractivity contribution >= 4 is 24.1 Å². The molecule has 40 heavy (non-hydrogen) atoms. The van der Waals surface area contributed by atoms with Crippen LogP contribution in [0.15, 0.2) is 0 Å². The lowest BCUT2D eigenvalue weighted by Crippen LogP contribution is -2.58. The number of nitrogens with zero attached hydrogens (tertiary/aromatic N) is 1. The molecular formula is C30H48N2O8. The van der Waals surface area contributed by atoms with Gasteiger partial charge in [0.15, 0.2) is 6.04 Å². The molecule has 4 rings (SSSR count). The van der Waals surface area contributed by atoms with Gasteiger partial charge in [0.05, 0.1) is 19.6 Å². The molecule has 4 fully saturated rings. The van der Waals surface area contributed by atoms with E-state index < -0.39 is 42.7 Å². The summed E-state index contributed by atoms with van der Waals surface area (Å²) in [5.74, 6) is -0.706. The fraction of sp³-hybridized carbons (Fsp3) is 0.867. The van der Waals surface area contributed by atoms with Gasteiger partial charge in [-0.25, -0.2) is 24.8 Å². The molecule has 0 radical (unpaired) electrons. The van der Waals surface area contributed by atoms with Gasteiger partial charge in [0.1, 0.15) is 12.2 Å². The summed E-state index contributed by atoms with van der Waals surface area (Å²) < 4.78 is 22.2. The lowest BCUT2D eigenvalue weighted by molar-refractivity contribution is -0.157. The van der Waals surface area contributed by atoms with Crippen LogP contribution in [0.3, 0.4) is 0 Å². The lowest BCUT2D eigenvalue weighted by Gasteiger charge is -2.40. The Morgan fingerprint density at radius 1 is 0.800 bits per heavy atom. The van der Waals surface area contributed by atoms with E-state index in [0.29, 0.717) is 18.3 Å². The molecule has 0 aliphatic heterocycles. The maximum atomic E-state index is 13.8. The summed E-state index contributed by atoms with van der Waals surface area (Å²) >= 11 is 0. The molecule has 7 atom stereocenters. The molecule has 4 aliphatic carbocycles. The van der Waals surface area contributed by atoms with E-state index in [-0.39, 0.29) is 41.0 Å². The maximum Gasteiger partial charge on any atom is 0.429 e. The molecule has 0 aromatic rings. The summed E-state index contributed by atoms with van der Waals surface area (Å²) in [7, 11) is 0. The molecule has 0 aromatic heterocycles. The topological polar surface area (TPSA) is 120 Å². The highest BCUT2D eigenvalue weighted by atomic mass is 16.6. The van der Waals surface area contributed by atoms with Crippen LogP contribution < -0.4 is 5.43 Å². The van der Waals surface area contributed by atoms with Gasteiger partial charge in [-0.2, -0.15) is 0 Å². The molecule has 10 heteroatoms. The third-order valence-electron chi connectivity index (χ3n) is 11.9. The highest BCUT2D eigenvalue weighted by Crippen LogP contribution is 2.67. The van der Waals surface area contributed by atoms with Crippen molar-refractivity contribution in [2.45, 2.75) is 119 Å². The van der Waals surface area contributed by atoms with Crippen LogP contribution in [0, 0.1) is 33.5 Å². The van der Waals surface area contributed by atoms with Crippen LogP contribution in [0.2, 0.25) is 0 Å². The van der Waals surface area contributed by atoms with Gasteiger partial charge in [-0.15, -0.1) is 0 Å². The molecule has 0 aromatic carbocycles. The fourth-order valence-corrected chi connectivity index (χ4v) is 8.20. The zero-order chi connectivity index (χ0) is 29.7. The van der Waals surface area contributed by atoms with Gasteiger partial charge in [0.25, 0.3) is 0 Å². The molecule has 0 spiro atoms. The van der Waals surface area contributed by atoms with Gasteiger partial charge >= 0.3 is 24.1 Å². The summed E-state index contributed by atoms with van der Waals surface area (Å²) in [4.78, 5) is 52.6. The molecule has 1 N–H and O–H groups in total. The number of carbonyl (C=O) groups is 4. The van der Waals surface area contributed by atoms with Crippen LogP contribution in [-0.2, 0) is 28.5 Å². The Balaban J connectivity index is 1.56. The van der Waals surface area contributed by atoms with Gasteiger partial charge in [-0.05, 0) is 75.0 Å². The molecular weight excluding hydrogens is 516 g/mol. The van der Waals surface area contributed by atoms with E-state index in [0.717, 1.165) is 37.1 Å². The average Bonchev–Trinajstić information content (AvgIpc) is 3.38. The monoisotopic (exact) mass is 564 g/mol. The van der Waals surface area contributed by atoms with Crippen LogP contribution >= 0.6 is 0 Å². The molecule has 4 saturated carbocycles. The minimum absolute atomic E-state index is 0.0119. The van der Waals surface area contributed by atoms with Crippen molar-refractivity contribution in [3.63, 3.8) is 0 Å². The van der Waals surface area contributed by atoms with Crippen molar-refractivity contribution in [2.24, 2.45) is 33.5 Å². The minimum Gasteiger partial charge on any atom is -0.466 e. The number of ether oxygens (including phenoxy) is 4. The van der Waals surface area contributed by atoms with E-state index in [9.17, 15) is 19.2 Å². The Bertz CT molecular complexity index is 1030. The van der Waals surface area contributed by atoms with E-state index >= 15 is 0 Å². The van der Waals surface area contributed by atoms with Crippen molar-refractivity contribution in [1.82, 2.24) is 10.4 Å².